The molecule has 56 heavy (non-hydrogen) atoms. The third-order valence-corrected chi connectivity index (χ3v) is 11.7. The van der Waals surface area contributed by atoms with Gasteiger partial charge in [-0.3, -0.25) is 4.79 Å². The zero-order chi connectivity index (χ0) is 41.2. The number of unbranched alkanes of at least 4 members (excludes halogenated alkanes) is 26. The van der Waals surface area contributed by atoms with Crippen molar-refractivity contribution >= 4 is 5.78 Å². The van der Waals surface area contributed by atoms with Gasteiger partial charge in [0.2, 0.25) is 0 Å². The van der Waals surface area contributed by atoms with Gasteiger partial charge in [0.15, 0.2) is 12.1 Å². The van der Waals surface area contributed by atoms with Crippen LogP contribution in [-0.4, -0.2) is 92.5 Å². The number of Topliss-reactive ketones (excluding diaryl/α,β-unsaturated/α-hetero) is 1. The van der Waals surface area contributed by atoms with E-state index in [0.717, 1.165) is 44.4 Å². The molecule has 9 heteroatoms. The largest absolute Gasteiger partial charge is 0.394 e. The van der Waals surface area contributed by atoms with E-state index in [1.807, 2.05) is 6.08 Å². The van der Waals surface area contributed by atoms with Gasteiger partial charge in [-0.05, 0) is 25.2 Å². The lowest BCUT2D eigenvalue weighted by Crippen LogP contribution is -2.59. The molecule has 0 aromatic rings. The van der Waals surface area contributed by atoms with Crippen LogP contribution in [0.5, 0.6) is 0 Å². The topological polar surface area (TPSA) is 157 Å². The molecular weight excluding hydrogens is 709 g/mol. The maximum atomic E-state index is 13.5. The summed E-state index contributed by atoms with van der Waals surface area (Å²) in [6, 6.07) is 0. The summed E-state index contributed by atoms with van der Waals surface area (Å²) in [7, 11) is 0. The van der Waals surface area contributed by atoms with Gasteiger partial charge >= 0.3 is 0 Å². The first-order chi connectivity index (χ1) is 27.1. The summed E-state index contributed by atoms with van der Waals surface area (Å²) in [5.41, 5.74) is 0. The molecule has 1 fully saturated rings. The molecule has 0 saturated carbocycles. The maximum Gasteiger partial charge on any atom is 0.186 e. The van der Waals surface area contributed by atoms with E-state index < -0.39 is 61.2 Å². The summed E-state index contributed by atoms with van der Waals surface area (Å²) in [5, 5.41) is 62.2. The molecule has 0 aliphatic carbocycles. The standard InChI is InChI=1S/C47H90O9/c1-4-5-6-7-8-9-10-11-12-13-14-15-16-17-18-19-20-21-26-29-32-35-41(50)43(51)39(37-55-47-46(54)45(53)44(52)42(36-48)56-47)40(49)34-31-28-25-23-22-24-27-30-33-38(2)3/h31,34,38-42,44-50,52-54H,4-30,32-33,35-37H2,1-3H3/b34-31+/t39-,40+,41+,42+,44-,45-,46+,47+/m0/s1. The summed E-state index contributed by atoms with van der Waals surface area (Å²) in [6.07, 6.45) is 30.0. The Labute approximate surface area is 343 Å². The fraction of sp³-hybridized carbons (Fsp3) is 0.936. The molecule has 0 unspecified atom stereocenters. The highest BCUT2D eigenvalue weighted by Gasteiger charge is 2.44. The first-order valence-corrected chi connectivity index (χ1v) is 23.6. The summed E-state index contributed by atoms with van der Waals surface area (Å²) < 4.78 is 11.1. The number of ketones is 1. The van der Waals surface area contributed by atoms with Crippen LogP contribution in [0.2, 0.25) is 0 Å². The number of carbonyl (C=O) groups is 1. The fourth-order valence-corrected chi connectivity index (χ4v) is 7.80. The number of allylic oxidation sites excluding steroid dienone is 1. The van der Waals surface area contributed by atoms with Crippen molar-refractivity contribution in [1.82, 2.24) is 0 Å². The second kappa shape index (κ2) is 36.0. The van der Waals surface area contributed by atoms with Crippen LogP contribution in [-0.2, 0) is 14.3 Å². The molecular formula is C47H90O9. The lowest BCUT2D eigenvalue weighted by Gasteiger charge is -2.40. The predicted octanol–water partition coefficient (Wildman–Crippen LogP) is 9.65. The van der Waals surface area contributed by atoms with Crippen LogP contribution in [0.4, 0.5) is 0 Å². The first kappa shape index (κ1) is 53.1. The van der Waals surface area contributed by atoms with E-state index in [4.69, 9.17) is 9.47 Å². The Kier molecular flexibility index (Phi) is 34.1. The Balaban J connectivity index is 2.34. The van der Waals surface area contributed by atoms with E-state index in [0.29, 0.717) is 12.8 Å². The van der Waals surface area contributed by atoms with Crippen LogP contribution in [0.3, 0.4) is 0 Å². The van der Waals surface area contributed by atoms with E-state index in [2.05, 4.69) is 20.8 Å². The second-order valence-electron chi connectivity index (χ2n) is 17.4. The van der Waals surface area contributed by atoms with Crippen molar-refractivity contribution in [3.05, 3.63) is 12.2 Å². The van der Waals surface area contributed by atoms with Crippen molar-refractivity contribution in [2.45, 2.75) is 256 Å². The molecule has 1 aliphatic rings. The van der Waals surface area contributed by atoms with Gasteiger partial charge in [-0.1, -0.05) is 206 Å². The quantitative estimate of drug-likeness (QED) is 0.0263. The van der Waals surface area contributed by atoms with Crippen LogP contribution in [0.25, 0.3) is 0 Å². The third-order valence-electron chi connectivity index (χ3n) is 11.7. The van der Waals surface area contributed by atoms with E-state index >= 15 is 0 Å². The van der Waals surface area contributed by atoms with Gasteiger partial charge in [0.25, 0.3) is 0 Å². The number of aliphatic hydroxyl groups excluding tert-OH is 6. The second-order valence-corrected chi connectivity index (χ2v) is 17.4. The molecule has 1 saturated heterocycles. The number of rotatable bonds is 39. The van der Waals surface area contributed by atoms with Crippen molar-refractivity contribution in [3.8, 4) is 0 Å². The summed E-state index contributed by atoms with van der Waals surface area (Å²) in [6.45, 7) is 5.81. The molecule has 1 rings (SSSR count). The first-order valence-electron chi connectivity index (χ1n) is 23.6. The average Bonchev–Trinajstić information content (AvgIpc) is 3.18. The number of ether oxygens (including phenoxy) is 2. The number of hydrogen-bond acceptors (Lipinski definition) is 9. The van der Waals surface area contributed by atoms with Crippen LogP contribution in [0.15, 0.2) is 12.2 Å². The van der Waals surface area contributed by atoms with Crippen LogP contribution < -0.4 is 0 Å². The molecule has 332 valence electrons. The molecule has 8 atom stereocenters. The van der Waals surface area contributed by atoms with Gasteiger partial charge in [0, 0.05) is 0 Å². The minimum absolute atomic E-state index is 0.294. The van der Waals surface area contributed by atoms with Crippen LogP contribution in [0.1, 0.15) is 213 Å². The van der Waals surface area contributed by atoms with Gasteiger partial charge in [-0.2, -0.15) is 0 Å². The highest BCUT2D eigenvalue weighted by Crippen LogP contribution is 2.24. The molecule has 0 amide bonds. The van der Waals surface area contributed by atoms with E-state index in [-0.39, 0.29) is 6.61 Å². The van der Waals surface area contributed by atoms with Crippen molar-refractivity contribution in [1.29, 1.82) is 0 Å². The molecule has 1 heterocycles. The zero-order valence-electron chi connectivity index (χ0n) is 36.4. The summed E-state index contributed by atoms with van der Waals surface area (Å²) >= 11 is 0. The molecule has 9 nitrogen and oxygen atoms in total. The number of carbonyl (C=O) groups excluding carboxylic acids is 1. The number of hydrogen-bond donors (Lipinski definition) is 6. The zero-order valence-corrected chi connectivity index (χ0v) is 36.4. The molecule has 0 aromatic heterocycles. The predicted molar refractivity (Wildman–Crippen MR) is 228 cm³/mol. The van der Waals surface area contributed by atoms with Gasteiger partial charge in [0.1, 0.15) is 30.5 Å². The monoisotopic (exact) mass is 799 g/mol. The summed E-state index contributed by atoms with van der Waals surface area (Å²) in [5.74, 6) is -0.912. The molecule has 0 radical (unpaired) electrons. The minimum Gasteiger partial charge on any atom is -0.394 e. The van der Waals surface area contributed by atoms with E-state index in [1.165, 1.54) is 141 Å². The van der Waals surface area contributed by atoms with Gasteiger partial charge in [-0.25, -0.2) is 0 Å². The van der Waals surface area contributed by atoms with Crippen molar-refractivity contribution in [2.75, 3.05) is 13.2 Å². The van der Waals surface area contributed by atoms with Crippen LogP contribution in [0, 0.1) is 11.8 Å². The molecule has 0 spiro atoms. The van der Waals surface area contributed by atoms with Gasteiger partial charge in [-0.15, -0.1) is 0 Å². The van der Waals surface area contributed by atoms with Gasteiger partial charge < -0.3 is 40.1 Å². The lowest BCUT2D eigenvalue weighted by molar-refractivity contribution is -0.303. The average molecular weight is 799 g/mol. The smallest absolute Gasteiger partial charge is 0.186 e. The minimum atomic E-state index is -1.62. The van der Waals surface area contributed by atoms with Crippen molar-refractivity contribution in [2.24, 2.45) is 11.8 Å². The van der Waals surface area contributed by atoms with Gasteiger partial charge in [0.05, 0.1) is 25.2 Å². The SMILES string of the molecule is CCCCCCCCCCCCCCCCCCCCCCC[C@@H](O)C(=O)[C@@H](CO[C@@H]1O[C@H](CO)[C@H](O)[C@H](O)[C@H]1O)[C@H](O)/C=C/CCCCCCCCC(C)C. The molecule has 0 bridgehead atoms. The Morgan fingerprint density at radius 2 is 1.04 bits per heavy atom. The maximum absolute atomic E-state index is 13.5. The number of aliphatic hydroxyl groups is 6. The summed E-state index contributed by atoms with van der Waals surface area (Å²) in [4.78, 5) is 13.5. The third kappa shape index (κ3) is 26.2. The Hall–Kier alpha value is -0.910. The Morgan fingerprint density at radius 3 is 1.48 bits per heavy atom. The van der Waals surface area contributed by atoms with Crippen LogP contribution >= 0.6 is 0 Å². The Bertz CT molecular complexity index is 912. The lowest BCUT2D eigenvalue weighted by atomic mass is 9.91. The highest BCUT2D eigenvalue weighted by atomic mass is 16.7. The normalized spacial score (nSPS) is 21.9. The fourth-order valence-electron chi connectivity index (χ4n) is 7.80. The highest BCUT2D eigenvalue weighted by molar-refractivity contribution is 5.86. The van der Waals surface area contributed by atoms with Crippen molar-refractivity contribution in [3.63, 3.8) is 0 Å². The molecule has 6 N–H and O–H groups in total. The molecule has 1 aliphatic heterocycles. The van der Waals surface area contributed by atoms with E-state index in [9.17, 15) is 35.4 Å². The molecule has 0 aromatic carbocycles. The van der Waals surface area contributed by atoms with E-state index in [1.54, 1.807) is 6.08 Å². The Morgan fingerprint density at radius 1 is 0.607 bits per heavy atom. The van der Waals surface area contributed by atoms with Crippen molar-refractivity contribution < 1.29 is 44.9 Å².